The topological polar surface area (TPSA) is 13.7 Å². The Morgan fingerprint density at radius 3 is 1.92 bits per heavy atom. The minimum Gasteiger partial charge on any atom is -0.308 e. The van der Waals surface area contributed by atoms with Crippen LogP contribution in [0, 0.1) is 6.92 Å². The molecule has 1 aliphatic rings. The fourth-order valence-corrected chi connectivity index (χ4v) is 10.7. The molecule has 1 aliphatic heterocycles. The number of pyridine rings is 1. The third-order valence-corrected chi connectivity index (χ3v) is 14.0. The summed E-state index contributed by atoms with van der Waals surface area (Å²) in [4.78, 5) is 0. The van der Waals surface area contributed by atoms with Crippen LogP contribution in [-0.4, -0.2) is 9.13 Å². The molecule has 306 valence electrons. The molecule has 0 amide bonds. The molecule has 3 nitrogen and oxygen atoms in total. The molecule has 3 aromatic heterocycles. The first-order chi connectivity index (χ1) is 31.0. The first-order valence-corrected chi connectivity index (χ1v) is 22.8. The molecule has 0 unspecified atom stereocenters. The zero-order valence-electron chi connectivity index (χ0n) is 36.6. The molecule has 7 aromatic carbocycles. The second-order valence-corrected chi connectivity index (χ2v) is 17.3. The third-order valence-electron chi connectivity index (χ3n) is 14.0. The third kappa shape index (κ3) is 6.21. The van der Waals surface area contributed by atoms with Crippen LogP contribution >= 0.6 is 0 Å². The fourth-order valence-electron chi connectivity index (χ4n) is 10.7. The van der Waals surface area contributed by atoms with Gasteiger partial charge in [0, 0.05) is 64.5 Å². The van der Waals surface area contributed by atoms with Gasteiger partial charge in [0.05, 0.1) is 27.8 Å². The predicted molar refractivity (Wildman–Crippen MR) is 266 cm³/mol. The molecule has 11 rings (SSSR count). The fraction of sp³-hybridized carbons (Fsp3) is 0.150. The van der Waals surface area contributed by atoms with Crippen molar-refractivity contribution in [2.45, 2.75) is 58.9 Å². The highest BCUT2D eigenvalue weighted by atomic mass is 15.1. The van der Waals surface area contributed by atoms with Gasteiger partial charge < -0.3 is 9.13 Å². The first-order valence-electron chi connectivity index (χ1n) is 22.8. The monoisotopic (exact) mass is 814 g/mol. The van der Waals surface area contributed by atoms with Gasteiger partial charge in [-0.3, -0.25) is 0 Å². The average molecular weight is 815 g/mol. The van der Waals surface area contributed by atoms with Crippen LogP contribution in [-0.2, 0) is 12.0 Å². The molecule has 0 radical (unpaired) electrons. The van der Waals surface area contributed by atoms with Crippen LogP contribution in [0.5, 0.6) is 0 Å². The molecule has 0 aliphatic carbocycles. The first kappa shape index (κ1) is 38.7. The molecule has 3 heteroatoms. The number of hydrogen-bond acceptors (Lipinski definition) is 0. The quantitative estimate of drug-likeness (QED) is 0.129. The number of rotatable bonds is 9. The van der Waals surface area contributed by atoms with Crippen molar-refractivity contribution in [3.8, 4) is 56.0 Å². The van der Waals surface area contributed by atoms with E-state index in [1.807, 2.05) is 0 Å². The van der Waals surface area contributed by atoms with Crippen molar-refractivity contribution in [3.05, 3.63) is 205 Å². The highest BCUT2D eigenvalue weighted by Crippen LogP contribution is 2.46. The number of para-hydroxylation sites is 2. The van der Waals surface area contributed by atoms with E-state index in [0.29, 0.717) is 0 Å². The SMILES string of the molecule is CCC=Cc1c(C)c2ccc3c4ccccc4n(-c4cc5c(cc4-c4ccc(-c6cccc(-c7ccccc7)c6)cc4)CC(CC)(CC)[n+]4ccccc4-5)c3c2n1-c1ccccc1. The maximum Gasteiger partial charge on any atom is 0.213 e. The maximum absolute atomic E-state index is 2.60. The summed E-state index contributed by atoms with van der Waals surface area (Å²) in [6.07, 6.45) is 11.0. The van der Waals surface area contributed by atoms with Crippen LogP contribution in [0.25, 0.3) is 94.8 Å². The Labute approximate surface area is 370 Å². The zero-order chi connectivity index (χ0) is 42.7. The molecule has 0 fully saturated rings. The van der Waals surface area contributed by atoms with Gasteiger partial charge in [-0.05, 0) is 101 Å². The molecule has 0 atom stereocenters. The van der Waals surface area contributed by atoms with Crippen LogP contribution in [0.3, 0.4) is 0 Å². The molecule has 0 spiro atoms. The second kappa shape index (κ2) is 15.6. The lowest BCUT2D eigenvalue weighted by Gasteiger charge is -2.33. The summed E-state index contributed by atoms with van der Waals surface area (Å²) in [7, 11) is 0. The molecular weight excluding hydrogens is 763 g/mol. The molecule has 0 bridgehead atoms. The van der Waals surface area contributed by atoms with Crippen molar-refractivity contribution in [3.63, 3.8) is 0 Å². The van der Waals surface area contributed by atoms with E-state index in [1.54, 1.807) is 0 Å². The van der Waals surface area contributed by atoms with Gasteiger partial charge in [0.25, 0.3) is 0 Å². The van der Waals surface area contributed by atoms with E-state index >= 15 is 0 Å². The molecule has 4 heterocycles. The van der Waals surface area contributed by atoms with Crippen LogP contribution in [0.15, 0.2) is 188 Å². The van der Waals surface area contributed by atoms with Crippen LogP contribution in [0.1, 0.15) is 56.9 Å². The molecule has 0 N–H and O–H groups in total. The zero-order valence-corrected chi connectivity index (χ0v) is 36.6. The molecular formula is C60H52N3+. The minimum absolute atomic E-state index is 0.00542. The van der Waals surface area contributed by atoms with E-state index in [9.17, 15) is 0 Å². The summed E-state index contributed by atoms with van der Waals surface area (Å²) in [5, 5.41) is 3.77. The number of aromatic nitrogens is 3. The molecule has 10 aromatic rings. The van der Waals surface area contributed by atoms with Gasteiger partial charge in [-0.2, -0.15) is 4.57 Å². The minimum atomic E-state index is 0.00542. The average Bonchev–Trinajstić information content (AvgIpc) is 3.84. The standard InChI is InChI=1S/C60H52N3/c1-5-8-27-54-41(4)49-34-35-51-50-26-15-16-29-56(50)63(59(51)58(49)62(54)48-24-13-10-14-25-48)57-39-53-47(40-60(6-2,7-3)61-36-18-17-28-55(53)61)38-52(57)44-32-30-43(31-33-44)46-23-19-22-45(37-46)42-20-11-9-12-21-42/h8-39H,5-7,40H2,1-4H3/q+1. The smallest absolute Gasteiger partial charge is 0.213 e. The predicted octanol–water partition coefficient (Wildman–Crippen LogP) is 15.5. The van der Waals surface area contributed by atoms with Gasteiger partial charge in [0.2, 0.25) is 5.69 Å². The van der Waals surface area contributed by atoms with Gasteiger partial charge in [-0.1, -0.05) is 148 Å². The summed E-state index contributed by atoms with van der Waals surface area (Å²) < 4.78 is 7.69. The van der Waals surface area contributed by atoms with E-state index in [2.05, 4.69) is 236 Å². The highest BCUT2D eigenvalue weighted by Gasteiger charge is 2.43. The maximum atomic E-state index is 2.60. The number of allylic oxidation sites excluding steroid dienone is 1. The Kier molecular flexibility index (Phi) is 9.57. The number of benzene rings is 7. The number of nitrogens with zero attached hydrogens (tertiary/aromatic N) is 3. The van der Waals surface area contributed by atoms with Crippen molar-refractivity contribution >= 4 is 38.8 Å². The second-order valence-electron chi connectivity index (χ2n) is 17.3. The van der Waals surface area contributed by atoms with E-state index in [1.165, 1.54) is 99.9 Å². The lowest BCUT2D eigenvalue weighted by Crippen LogP contribution is -2.60. The Hall–Kier alpha value is -7.23. The van der Waals surface area contributed by atoms with Crippen LogP contribution < -0.4 is 4.57 Å². The number of aryl methyl sites for hydroxylation is 1. The Morgan fingerprint density at radius 1 is 0.540 bits per heavy atom. The van der Waals surface area contributed by atoms with Crippen molar-refractivity contribution in [1.29, 1.82) is 0 Å². The number of hydrogen-bond donors (Lipinski definition) is 0. The van der Waals surface area contributed by atoms with Crippen molar-refractivity contribution in [1.82, 2.24) is 9.13 Å². The highest BCUT2D eigenvalue weighted by molar-refractivity contribution is 6.19. The lowest BCUT2D eigenvalue weighted by atomic mass is 9.78. The van der Waals surface area contributed by atoms with Crippen molar-refractivity contribution in [2.75, 3.05) is 0 Å². The number of fused-ring (bicyclic) bond motifs is 8. The summed E-state index contributed by atoms with van der Waals surface area (Å²) in [5.41, 5.74) is 19.8. The molecule has 63 heavy (non-hydrogen) atoms. The van der Waals surface area contributed by atoms with Gasteiger partial charge in [-0.15, -0.1) is 0 Å². The van der Waals surface area contributed by atoms with Gasteiger partial charge in [0.1, 0.15) is 0 Å². The van der Waals surface area contributed by atoms with Crippen molar-refractivity contribution < 1.29 is 4.57 Å². The lowest BCUT2D eigenvalue weighted by molar-refractivity contribution is -0.758. The van der Waals surface area contributed by atoms with Gasteiger partial charge in [-0.25, -0.2) is 0 Å². The molecule has 0 saturated heterocycles. The van der Waals surface area contributed by atoms with Gasteiger partial charge >= 0.3 is 0 Å². The van der Waals surface area contributed by atoms with E-state index < -0.39 is 0 Å². The summed E-state index contributed by atoms with van der Waals surface area (Å²) in [6.45, 7) is 9.22. The van der Waals surface area contributed by atoms with Crippen LogP contribution in [0.2, 0.25) is 0 Å². The van der Waals surface area contributed by atoms with E-state index in [4.69, 9.17) is 0 Å². The Balaban J connectivity index is 1.22. The summed E-state index contributed by atoms with van der Waals surface area (Å²) in [5.74, 6) is 0. The largest absolute Gasteiger partial charge is 0.308 e. The van der Waals surface area contributed by atoms with Crippen LogP contribution in [0.4, 0.5) is 0 Å². The summed E-state index contributed by atoms with van der Waals surface area (Å²) in [6, 6.07) is 65.4. The Morgan fingerprint density at radius 2 is 1.17 bits per heavy atom. The van der Waals surface area contributed by atoms with Gasteiger partial charge in [0.15, 0.2) is 11.7 Å². The molecule has 0 saturated carbocycles. The van der Waals surface area contributed by atoms with E-state index in [-0.39, 0.29) is 5.54 Å². The van der Waals surface area contributed by atoms with E-state index in [0.717, 1.165) is 31.4 Å². The Bertz CT molecular complexity index is 3360. The normalized spacial score (nSPS) is 13.3. The summed E-state index contributed by atoms with van der Waals surface area (Å²) >= 11 is 0. The van der Waals surface area contributed by atoms with Crippen molar-refractivity contribution in [2.24, 2.45) is 0 Å².